The summed E-state index contributed by atoms with van der Waals surface area (Å²) >= 11 is 0. The van der Waals surface area contributed by atoms with Crippen LogP contribution in [0.15, 0.2) is 24.4 Å². The summed E-state index contributed by atoms with van der Waals surface area (Å²) < 4.78 is 5.55. The first-order valence-electron chi connectivity index (χ1n) is 7.82. The average molecular weight is 277 g/mol. The minimum atomic E-state index is 0.646. The van der Waals surface area contributed by atoms with Crippen molar-refractivity contribution in [3.63, 3.8) is 0 Å². The number of pyridine rings is 1. The molecule has 0 amide bonds. The Morgan fingerprint density at radius 3 is 3.10 bits per heavy atom. The molecule has 20 heavy (non-hydrogen) atoms. The molecule has 1 aliphatic rings. The monoisotopic (exact) mass is 277 g/mol. The zero-order chi connectivity index (χ0) is 14.0. The number of nitrogens with zero attached hydrogens (tertiary/aromatic N) is 2. The molecule has 1 aromatic rings. The smallest absolute Gasteiger partial charge is 0.0593 e. The van der Waals surface area contributed by atoms with Crippen molar-refractivity contribution >= 4 is 0 Å². The molecule has 0 aliphatic carbocycles. The van der Waals surface area contributed by atoms with Crippen LogP contribution in [-0.4, -0.2) is 48.8 Å². The van der Waals surface area contributed by atoms with Gasteiger partial charge in [-0.15, -0.1) is 0 Å². The highest BCUT2D eigenvalue weighted by molar-refractivity contribution is 5.03. The van der Waals surface area contributed by atoms with Gasteiger partial charge in [0.25, 0.3) is 0 Å². The third-order valence-corrected chi connectivity index (χ3v) is 3.88. The van der Waals surface area contributed by atoms with E-state index in [1.165, 1.54) is 19.3 Å². The van der Waals surface area contributed by atoms with Crippen molar-refractivity contribution in [1.29, 1.82) is 0 Å². The Bertz CT molecular complexity index is 350. The Hall–Kier alpha value is -0.970. The predicted molar refractivity (Wildman–Crippen MR) is 81.6 cm³/mol. The fraction of sp³-hybridized carbons (Fsp3) is 0.688. The van der Waals surface area contributed by atoms with Crippen LogP contribution in [0.2, 0.25) is 0 Å². The zero-order valence-electron chi connectivity index (χ0n) is 12.6. The molecular weight excluding hydrogens is 250 g/mol. The molecule has 1 aliphatic heterocycles. The maximum atomic E-state index is 5.55. The lowest BCUT2D eigenvalue weighted by Crippen LogP contribution is -2.38. The van der Waals surface area contributed by atoms with Crippen LogP contribution in [0.5, 0.6) is 0 Å². The van der Waals surface area contributed by atoms with E-state index in [0.29, 0.717) is 6.04 Å². The van der Waals surface area contributed by atoms with E-state index in [4.69, 9.17) is 4.74 Å². The molecule has 2 rings (SSSR count). The summed E-state index contributed by atoms with van der Waals surface area (Å²) in [6, 6.07) is 6.80. The van der Waals surface area contributed by atoms with Gasteiger partial charge >= 0.3 is 0 Å². The lowest BCUT2D eigenvalue weighted by molar-refractivity contribution is 0.0851. The standard InChI is InChI=1S/C16H27N3O/c1-2-20-13-12-19(14-15-6-3-4-10-18-15)16-7-5-9-17-11-8-16/h3-4,6,10,16-17H,2,5,7-9,11-14H2,1H3. The Kier molecular flexibility index (Phi) is 6.98. The predicted octanol–water partition coefficient (Wildman–Crippen LogP) is 2.06. The van der Waals surface area contributed by atoms with Crippen LogP contribution in [0.25, 0.3) is 0 Å². The molecule has 4 heteroatoms. The average Bonchev–Trinajstić information content (AvgIpc) is 2.76. The van der Waals surface area contributed by atoms with Gasteiger partial charge in [0.15, 0.2) is 0 Å². The molecule has 0 radical (unpaired) electrons. The SMILES string of the molecule is CCOCCN(Cc1ccccn1)C1CCCNCC1. The van der Waals surface area contributed by atoms with Crippen molar-refractivity contribution < 1.29 is 4.74 Å². The molecule has 1 unspecified atom stereocenters. The number of hydrogen-bond acceptors (Lipinski definition) is 4. The van der Waals surface area contributed by atoms with Crippen molar-refractivity contribution in [2.24, 2.45) is 0 Å². The molecule has 0 saturated carbocycles. The van der Waals surface area contributed by atoms with Gasteiger partial charge in [0, 0.05) is 31.9 Å². The maximum Gasteiger partial charge on any atom is 0.0593 e. The molecule has 1 aromatic heterocycles. The second-order valence-corrected chi connectivity index (χ2v) is 5.32. The van der Waals surface area contributed by atoms with Crippen molar-refractivity contribution in [3.05, 3.63) is 30.1 Å². The van der Waals surface area contributed by atoms with Gasteiger partial charge in [-0.1, -0.05) is 6.07 Å². The Labute approximate surface area is 122 Å². The summed E-state index contributed by atoms with van der Waals surface area (Å²) in [5, 5.41) is 3.49. The Balaban J connectivity index is 1.95. The summed E-state index contributed by atoms with van der Waals surface area (Å²) in [5.74, 6) is 0. The van der Waals surface area contributed by atoms with Crippen LogP contribution in [0.1, 0.15) is 31.9 Å². The van der Waals surface area contributed by atoms with Crippen LogP contribution in [0.4, 0.5) is 0 Å². The van der Waals surface area contributed by atoms with E-state index in [2.05, 4.69) is 34.3 Å². The molecule has 0 aromatic carbocycles. The van der Waals surface area contributed by atoms with Crippen LogP contribution in [0, 0.1) is 0 Å². The van der Waals surface area contributed by atoms with Gasteiger partial charge in [0.1, 0.15) is 0 Å². The molecule has 4 nitrogen and oxygen atoms in total. The molecular formula is C16H27N3O. The number of hydrogen-bond donors (Lipinski definition) is 1. The Morgan fingerprint density at radius 1 is 1.35 bits per heavy atom. The van der Waals surface area contributed by atoms with Crippen LogP contribution in [-0.2, 0) is 11.3 Å². The Morgan fingerprint density at radius 2 is 2.30 bits per heavy atom. The van der Waals surface area contributed by atoms with E-state index < -0.39 is 0 Å². The van der Waals surface area contributed by atoms with Gasteiger partial charge < -0.3 is 10.1 Å². The number of aromatic nitrogens is 1. The molecule has 0 spiro atoms. The minimum absolute atomic E-state index is 0.646. The first-order valence-corrected chi connectivity index (χ1v) is 7.82. The van der Waals surface area contributed by atoms with Crippen LogP contribution < -0.4 is 5.32 Å². The quantitative estimate of drug-likeness (QED) is 0.774. The minimum Gasteiger partial charge on any atom is -0.380 e. The van der Waals surface area contributed by atoms with E-state index in [1.807, 2.05) is 12.3 Å². The van der Waals surface area contributed by atoms with E-state index in [9.17, 15) is 0 Å². The van der Waals surface area contributed by atoms with Gasteiger partial charge in [0.2, 0.25) is 0 Å². The van der Waals surface area contributed by atoms with Crippen molar-refractivity contribution in [2.75, 3.05) is 32.8 Å². The van der Waals surface area contributed by atoms with Crippen LogP contribution >= 0.6 is 0 Å². The summed E-state index contributed by atoms with van der Waals surface area (Å²) in [6.07, 6.45) is 5.63. The third kappa shape index (κ3) is 5.19. The number of ether oxygens (including phenoxy) is 1. The van der Waals surface area contributed by atoms with Gasteiger partial charge in [-0.3, -0.25) is 9.88 Å². The first kappa shape index (κ1) is 15.4. The van der Waals surface area contributed by atoms with Crippen molar-refractivity contribution in [2.45, 2.75) is 38.8 Å². The second-order valence-electron chi connectivity index (χ2n) is 5.32. The molecule has 112 valence electrons. The summed E-state index contributed by atoms with van der Waals surface area (Å²) in [4.78, 5) is 7.01. The molecule has 2 heterocycles. The second kappa shape index (κ2) is 9.06. The van der Waals surface area contributed by atoms with Gasteiger partial charge in [-0.2, -0.15) is 0 Å². The fourth-order valence-electron chi connectivity index (χ4n) is 2.78. The van der Waals surface area contributed by atoms with E-state index in [-0.39, 0.29) is 0 Å². The van der Waals surface area contributed by atoms with E-state index >= 15 is 0 Å². The van der Waals surface area contributed by atoms with Crippen LogP contribution in [0.3, 0.4) is 0 Å². The molecule has 1 saturated heterocycles. The number of nitrogens with one attached hydrogen (secondary N) is 1. The van der Waals surface area contributed by atoms with Gasteiger partial charge in [-0.05, 0) is 51.4 Å². The highest BCUT2D eigenvalue weighted by atomic mass is 16.5. The lowest BCUT2D eigenvalue weighted by Gasteiger charge is -2.30. The summed E-state index contributed by atoms with van der Waals surface area (Å²) in [6.45, 7) is 7.86. The normalized spacial score (nSPS) is 20.0. The number of rotatable bonds is 7. The van der Waals surface area contributed by atoms with E-state index in [0.717, 1.165) is 45.1 Å². The summed E-state index contributed by atoms with van der Waals surface area (Å²) in [7, 11) is 0. The first-order chi connectivity index (χ1) is 9.90. The highest BCUT2D eigenvalue weighted by Gasteiger charge is 2.20. The van der Waals surface area contributed by atoms with Crippen molar-refractivity contribution in [3.8, 4) is 0 Å². The topological polar surface area (TPSA) is 37.4 Å². The molecule has 1 N–H and O–H groups in total. The third-order valence-electron chi connectivity index (χ3n) is 3.88. The fourth-order valence-corrected chi connectivity index (χ4v) is 2.78. The maximum absolute atomic E-state index is 5.55. The zero-order valence-corrected chi connectivity index (χ0v) is 12.6. The largest absolute Gasteiger partial charge is 0.380 e. The summed E-state index contributed by atoms with van der Waals surface area (Å²) in [5.41, 5.74) is 1.15. The molecule has 0 bridgehead atoms. The highest BCUT2D eigenvalue weighted by Crippen LogP contribution is 2.15. The lowest BCUT2D eigenvalue weighted by atomic mass is 10.1. The van der Waals surface area contributed by atoms with Gasteiger partial charge in [0.05, 0.1) is 12.3 Å². The molecule has 1 atom stereocenters. The molecule has 1 fully saturated rings. The van der Waals surface area contributed by atoms with Crippen molar-refractivity contribution in [1.82, 2.24) is 15.2 Å². The van der Waals surface area contributed by atoms with E-state index in [1.54, 1.807) is 0 Å². The van der Waals surface area contributed by atoms with Gasteiger partial charge in [-0.25, -0.2) is 0 Å².